The van der Waals surface area contributed by atoms with E-state index in [2.05, 4.69) is 4.98 Å². The van der Waals surface area contributed by atoms with Crippen molar-refractivity contribution in [2.45, 2.75) is 55.4 Å². The van der Waals surface area contributed by atoms with Crippen molar-refractivity contribution in [1.29, 1.82) is 0 Å². The number of ether oxygens (including phenoxy) is 1. The van der Waals surface area contributed by atoms with Gasteiger partial charge in [-0.2, -0.15) is 0 Å². The van der Waals surface area contributed by atoms with Crippen LogP contribution < -0.4 is 0 Å². The van der Waals surface area contributed by atoms with E-state index in [1.54, 1.807) is 59.9 Å². The van der Waals surface area contributed by atoms with Crippen LogP contribution >= 0.6 is 11.6 Å². The lowest BCUT2D eigenvalue weighted by molar-refractivity contribution is -0.168. The van der Waals surface area contributed by atoms with Crippen molar-refractivity contribution in [2.24, 2.45) is 5.41 Å². The number of aromatic nitrogens is 1. The van der Waals surface area contributed by atoms with Gasteiger partial charge in [0.2, 0.25) is 0 Å². The van der Waals surface area contributed by atoms with Crippen LogP contribution in [0.2, 0.25) is 5.02 Å². The number of halogens is 3. The summed E-state index contributed by atoms with van der Waals surface area (Å²) in [6, 6.07) is 11.8. The summed E-state index contributed by atoms with van der Waals surface area (Å²) >= 11 is 6.07. The highest BCUT2D eigenvalue weighted by molar-refractivity contribution is 6.45. The number of aliphatic hydroxyl groups is 2. The minimum atomic E-state index is -1.73. The molecule has 2 aromatic carbocycles. The molecule has 3 aromatic rings. The van der Waals surface area contributed by atoms with E-state index in [1.165, 1.54) is 17.2 Å². The van der Waals surface area contributed by atoms with Crippen molar-refractivity contribution in [3.05, 3.63) is 99.3 Å². The van der Waals surface area contributed by atoms with E-state index in [0.29, 0.717) is 34.7 Å². The Labute approximate surface area is 247 Å². The van der Waals surface area contributed by atoms with Gasteiger partial charge >= 0.3 is 0 Å². The first-order chi connectivity index (χ1) is 18.9. The van der Waals surface area contributed by atoms with E-state index in [9.17, 15) is 23.8 Å². The Bertz CT molecular complexity index is 1520. The molecule has 0 bridgehead atoms. The zero-order valence-electron chi connectivity index (χ0n) is 24.1. The van der Waals surface area contributed by atoms with Gasteiger partial charge in [0, 0.05) is 33.7 Å². The standard InChI is InChI=1S/C28H31B4ClF2N2O4/c1-24(2,39)15-3-7-20-19(11-15)23(38)37(14-18-6-5-17(33)13-36-18)26(20,16-4-8-21(34)22(35)12-16)41-28(31,32)25(9-10-25)27(29,30)40/h3-8,11-13,39-40H,9-10,14,29-32H2,1-2H3/t26-/m1/s1. The predicted octanol–water partition coefficient (Wildman–Crippen LogP) is 0.727. The third-order valence-corrected chi connectivity index (χ3v) is 9.07. The van der Waals surface area contributed by atoms with Crippen molar-refractivity contribution in [3.8, 4) is 0 Å². The van der Waals surface area contributed by atoms with Gasteiger partial charge in [-0.05, 0) is 68.0 Å². The zero-order chi connectivity index (χ0) is 30.2. The maximum atomic E-state index is 14.9. The molecule has 0 unspecified atom stereocenters. The number of nitrogens with zero attached hydrogens (tertiary/aromatic N) is 2. The Morgan fingerprint density at radius 2 is 1.71 bits per heavy atom. The maximum Gasteiger partial charge on any atom is 0.257 e. The van der Waals surface area contributed by atoms with Crippen LogP contribution in [0.5, 0.6) is 0 Å². The number of rotatable bonds is 8. The summed E-state index contributed by atoms with van der Waals surface area (Å²) in [5.41, 5.74) is -1.78. The minimum Gasteiger partial charge on any atom is -0.407 e. The number of amides is 1. The second-order valence-electron chi connectivity index (χ2n) is 12.7. The molecule has 210 valence electrons. The fourth-order valence-electron chi connectivity index (χ4n) is 6.41. The molecule has 1 saturated carbocycles. The third-order valence-electron chi connectivity index (χ3n) is 8.84. The molecule has 6 nitrogen and oxygen atoms in total. The van der Waals surface area contributed by atoms with Crippen molar-refractivity contribution in [1.82, 2.24) is 9.88 Å². The molecule has 41 heavy (non-hydrogen) atoms. The zero-order valence-corrected chi connectivity index (χ0v) is 24.8. The summed E-state index contributed by atoms with van der Waals surface area (Å²) in [6.07, 6.45) is 2.82. The molecule has 0 saturated heterocycles. The molecule has 1 atom stereocenters. The van der Waals surface area contributed by atoms with Crippen molar-refractivity contribution < 1.29 is 28.5 Å². The average Bonchev–Trinajstić information content (AvgIpc) is 3.68. The first-order valence-electron chi connectivity index (χ1n) is 13.6. The highest BCUT2D eigenvalue weighted by atomic mass is 35.5. The molecule has 2 N–H and O–H groups in total. The normalized spacial score (nSPS) is 20.3. The molecule has 2 heterocycles. The van der Waals surface area contributed by atoms with Gasteiger partial charge in [0.25, 0.3) is 5.91 Å². The number of hydrogen-bond acceptors (Lipinski definition) is 5. The molecular weight excluding hydrogens is 545 g/mol. The molecule has 1 amide bonds. The summed E-state index contributed by atoms with van der Waals surface area (Å²) in [4.78, 5) is 20.2. The smallest absolute Gasteiger partial charge is 0.257 e. The van der Waals surface area contributed by atoms with Crippen LogP contribution in [0.25, 0.3) is 0 Å². The van der Waals surface area contributed by atoms with Crippen LogP contribution in [-0.2, 0) is 22.6 Å². The van der Waals surface area contributed by atoms with Crippen LogP contribution in [0, 0.1) is 17.0 Å². The van der Waals surface area contributed by atoms with Crippen LogP contribution in [0.4, 0.5) is 8.78 Å². The summed E-state index contributed by atoms with van der Waals surface area (Å²) in [5, 5.41) is 20.2. The molecule has 13 heteroatoms. The largest absolute Gasteiger partial charge is 0.407 e. The highest BCUT2D eigenvalue weighted by Crippen LogP contribution is 2.61. The van der Waals surface area contributed by atoms with Gasteiger partial charge in [-0.1, -0.05) is 29.8 Å². The van der Waals surface area contributed by atoms with E-state index in [4.69, 9.17) is 16.3 Å². The quantitative estimate of drug-likeness (QED) is 0.387. The van der Waals surface area contributed by atoms with E-state index in [1.807, 2.05) is 15.7 Å². The van der Waals surface area contributed by atoms with Gasteiger partial charge in [-0.15, -0.1) is 0 Å². The minimum absolute atomic E-state index is 0.0485. The van der Waals surface area contributed by atoms with E-state index >= 15 is 0 Å². The van der Waals surface area contributed by atoms with Gasteiger partial charge in [0.05, 0.1) is 22.9 Å². The molecule has 1 aromatic heterocycles. The second-order valence-corrected chi connectivity index (χ2v) is 13.1. The number of pyridine rings is 1. The molecule has 0 radical (unpaired) electrons. The summed E-state index contributed by atoms with van der Waals surface area (Å²) in [7, 11) is 7.17. The van der Waals surface area contributed by atoms with Gasteiger partial charge in [0.1, 0.15) is 31.4 Å². The molecule has 0 spiro atoms. The first kappa shape index (κ1) is 29.8. The molecule has 5 rings (SSSR count). The highest BCUT2D eigenvalue weighted by Gasteiger charge is 2.66. The number of carbonyl (C=O) groups excluding carboxylic acids is 1. The molecule has 1 fully saturated rings. The van der Waals surface area contributed by atoms with Gasteiger partial charge in [-0.3, -0.25) is 14.7 Å². The van der Waals surface area contributed by atoms with Gasteiger partial charge < -0.3 is 14.9 Å². The summed E-state index contributed by atoms with van der Waals surface area (Å²) < 4.78 is 36.3. The molecular formula is C28H31B4ClF2N2O4. The molecule has 2 aliphatic rings. The number of benzene rings is 2. The fraction of sp³-hybridized carbons (Fsp3) is 0.357. The van der Waals surface area contributed by atoms with Crippen LogP contribution in [0.15, 0.2) is 54.7 Å². The Kier molecular flexibility index (Phi) is 7.05. The van der Waals surface area contributed by atoms with Crippen molar-refractivity contribution >= 4 is 48.9 Å². The van der Waals surface area contributed by atoms with Crippen LogP contribution in [0.1, 0.15) is 59.4 Å². The Balaban J connectivity index is 1.80. The second kappa shape index (κ2) is 9.69. The number of fused-ring (bicyclic) bond motifs is 1. The van der Waals surface area contributed by atoms with Crippen LogP contribution in [0.3, 0.4) is 0 Å². The van der Waals surface area contributed by atoms with Crippen LogP contribution in [-0.4, -0.2) is 68.2 Å². The maximum absolute atomic E-state index is 14.9. The van der Waals surface area contributed by atoms with E-state index in [0.717, 1.165) is 12.1 Å². The topological polar surface area (TPSA) is 82.9 Å². The average molecular weight is 576 g/mol. The van der Waals surface area contributed by atoms with E-state index in [-0.39, 0.29) is 17.7 Å². The lowest BCUT2D eigenvalue weighted by atomic mass is 9.43. The summed E-state index contributed by atoms with van der Waals surface area (Å²) in [6.45, 7) is 3.19. The monoisotopic (exact) mass is 576 g/mol. The van der Waals surface area contributed by atoms with E-state index < -0.39 is 45.1 Å². The Morgan fingerprint density at radius 3 is 2.24 bits per heavy atom. The Morgan fingerprint density at radius 1 is 1.02 bits per heavy atom. The fourth-order valence-corrected chi connectivity index (χ4v) is 6.52. The lowest BCUT2D eigenvalue weighted by Gasteiger charge is -2.51. The molecule has 1 aliphatic carbocycles. The lowest BCUT2D eigenvalue weighted by Crippen LogP contribution is -2.62. The summed E-state index contributed by atoms with van der Waals surface area (Å²) in [5.74, 6) is -2.56. The van der Waals surface area contributed by atoms with Crippen molar-refractivity contribution in [2.75, 3.05) is 0 Å². The van der Waals surface area contributed by atoms with Gasteiger partial charge in [0.15, 0.2) is 17.4 Å². The SMILES string of the molecule is BC(B)(O)C1(C(B)(B)O[C@]2(c3ccc(F)c(F)c3)c3ccc(C(C)(C)O)cc3C(=O)N2Cc2ccc(Cl)cn2)CC1. The number of hydrogen-bond donors (Lipinski definition) is 2. The predicted molar refractivity (Wildman–Crippen MR) is 163 cm³/mol. The third kappa shape index (κ3) is 4.83. The van der Waals surface area contributed by atoms with Gasteiger partial charge in [-0.25, -0.2) is 8.78 Å². The van der Waals surface area contributed by atoms with Crippen molar-refractivity contribution in [3.63, 3.8) is 0 Å². The Hall–Kier alpha value is -2.65. The number of carbonyl (C=O) groups is 1. The molecule has 1 aliphatic heterocycles. The first-order valence-corrected chi connectivity index (χ1v) is 14.0.